The summed E-state index contributed by atoms with van der Waals surface area (Å²) in [6.45, 7) is 2.21. The molecule has 0 aliphatic rings. The van der Waals surface area contributed by atoms with E-state index >= 15 is 0 Å². The van der Waals surface area contributed by atoms with Gasteiger partial charge in [0.2, 0.25) is 5.76 Å². The molecule has 0 aliphatic carbocycles. The molecule has 1 aromatic carbocycles. The van der Waals surface area contributed by atoms with Crippen LogP contribution in [0.15, 0.2) is 57.3 Å². The van der Waals surface area contributed by atoms with Crippen molar-refractivity contribution in [3.05, 3.63) is 75.5 Å². The molecule has 0 saturated heterocycles. The van der Waals surface area contributed by atoms with Gasteiger partial charge in [-0.2, -0.15) is 0 Å². The maximum absolute atomic E-state index is 13.0. The van der Waals surface area contributed by atoms with Crippen LogP contribution in [0.1, 0.15) is 21.9 Å². The van der Waals surface area contributed by atoms with Crippen molar-refractivity contribution in [2.45, 2.75) is 13.5 Å². The maximum atomic E-state index is 13.0. The Morgan fingerprint density at radius 1 is 1.22 bits per heavy atom. The predicted octanol–water partition coefficient (Wildman–Crippen LogP) is 3.86. The summed E-state index contributed by atoms with van der Waals surface area (Å²) in [6.07, 6.45) is 1.50. The highest BCUT2D eigenvalue weighted by Crippen LogP contribution is 2.30. The van der Waals surface area contributed by atoms with Gasteiger partial charge in [0.05, 0.1) is 25.4 Å². The lowest BCUT2D eigenvalue weighted by atomic mass is 10.1. The van der Waals surface area contributed by atoms with Crippen LogP contribution in [0.3, 0.4) is 0 Å². The number of aromatic nitrogens is 2. The lowest BCUT2D eigenvalue weighted by Crippen LogP contribution is -2.20. The van der Waals surface area contributed by atoms with Crippen LogP contribution in [0, 0.1) is 6.92 Å². The number of carbonyl (C=O) groups excluding carboxylic acids is 1. The van der Waals surface area contributed by atoms with Crippen molar-refractivity contribution in [1.82, 2.24) is 9.55 Å². The number of fused-ring (bicyclic) bond motifs is 1. The van der Waals surface area contributed by atoms with Gasteiger partial charge in [-0.1, -0.05) is 29.8 Å². The second kappa shape index (κ2) is 6.85. The molecule has 0 amide bonds. The summed E-state index contributed by atoms with van der Waals surface area (Å²) in [5.74, 6) is 0.0258. The Morgan fingerprint density at radius 3 is 2.74 bits per heavy atom. The summed E-state index contributed by atoms with van der Waals surface area (Å²) in [6, 6.07) is 11.2. The zero-order valence-corrected chi connectivity index (χ0v) is 15.6. The minimum atomic E-state index is -0.554. The number of aryl methyl sites for hydroxylation is 1. The number of nitrogens with zero attached hydrogens (tertiary/aromatic N) is 2. The van der Waals surface area contributed by atoms with E-state index in [1.165, 1.54) is 35.4 Å². The average molecular weight is 380 g/mol. The Hall–Kier alpha value is -3.19. The molecular formula is C20H16N2O4S. The number of carbonyl (C=O) groups is 1. The quantitative estimate of drug-likeness (QED) is 0.503. The standard InChI is InChI=1S/C20H16N2O4S/c1-12-3-5-13(6-4-12)15-10-27-18-17(15)19(23)22(11-21-18)9-14-7-8-16(26-14)20(24)25-2/h3-8,10-11H,9H2,1-2H3. The van der Waals surface area contributed by atoms with Crippen LogP contribution in [-0.4, -0.2) is 22.6 Å². The summed E-state index contributed by atoms with van der Waals surface area (Å²) in [4.78, 5) is 29.7. The summed E-state index contributed by atoms with van der Waals surface area (Å²) in [5.41, 5.74) is 2.87. The van der Waals surface area contributed by atoms with Gasteiger partial charge in [0, 0.05) is 10.9 Å². The number of esters is 1. The number of furan rings is 1. The van der Waals surface area contributed by atoms with Crippen LogP contribution in [-0.2, 0) is 11.3 Å². The van der Waals surface area contributed by atoms with Crippen molar-refractivity contribution in [1.29, 1.82) is 0 Å². The van der Waals surface area contributed by atoms with Crippen LogP contribution < -0.4 is 5.56 Å². The highest BCUT2D eigenvalue weighted by atomic mass is 32.1. The minimum Gasteiger partial charge on any atom is -0.463 e. The molecule has 0 radical (unpaired) electrons. The molecule has 0 spiro atoms. The van der Waals surface area contributed by atoms with E-state index in [4.69, 9.17) is 4.42 Å². The summed E-state index contributed by atoms with van der Waals surface area (Å²) >= 11 is 1.44. The highest BCUT2D eigenvalue weighted by molar-refractivity contribution is 7.17. The predicted molar refractivity (Wildman–Crippen MR) is 103 cm³/mol. The first-order valence-electron chi connectivity index (χ1n) is 8.27. The van der Waals surface area contributed by atoms with Gasteiger partial charge in [0.25, 0.3) is 5.56 Å². The number of rotatable bonds is 4. The van der Waals surface area contributed by atoms with Crippen LogP contribution in [0.25, 0.3) is 21.3 Å². The van der Waals surface area contributed by atoms with Crippen molar-refractivity contribution >= 4 is 27.5 Å². The van der Waals surface area contributed by atoms with Gasteiger partial charge in [-0.3, -0.25) is 9.36 Å². The molecule has 3 heterocycles. The van der Waals surface area contributed by atoms with Gasteiger partial charge in [0.1, 0.15) is 10.6 Å². The lowest BCUT2D eigenvalue weighted by molar-refractivity contribution is 0.0563. The molecule has 4 rings (SSSR count). The number of methoxy groups -OCH3 is 1. The van der Waals surface area contributed by atoms with Gasteiger partial charge in [0.15, 0.2) is 0 Å². The second-order valence-electron chi connectivity index (χ2n) is 6.13. The molecule has 0 N–H and O–H groups in total. The highest BCUT2D eigenvalue weighted by Gasteiger charge is 2.15. The maximum Gasteiger partial charge on any atom is 0.373 e. The summed E-state index contributed by atoms with van der Waals surface area (Å²) in [7, 11) is 1.29. The van der Waals surface area contributed by atoms with Gasteiger partial charge in [-0.25, -0.2) is 9.78 Å². The third-order valence-corrected chi connectivity index (χ3v) is 5.18. The Balaban J connectivity index is 1.74. The Labute approximate surface area is 158 Å². The van der Waals surface area contributed by atoms with Crippen molar-refractivity contribution in [2.24, 2.45) is 0 Å². The molecule has 0 atom stereocenters. The van der Waals surface area contributed by atoms with Gasteiger partial charge in [-0.15, -0.1) is 11.3 Å². The Morgan fingerprint density at radius 2 is 2.00 bits per heavy atom. The fraction of sp³-hybridized carbons (Fsp3) is 0.150. The van der Waals surface area contributed by atoms with Gasteiger partial charge >= 0.3 is 5.97 Å². The van der Waals surface area contributed by atoms with E-state index in [-0.39, 0.29) is 17.9 Å². The third-order valence-electron chi connectivity index (χ3n) is 4.30. The fourth-order valence-corrected chi connectivity index (χ4v) is 3.77. The zero-order chi connectivity index (χ0) is 19.0. The number of hydrogen-bond acceptors (Lipinski definition) is 6. The van der Waals surface area contributed by atoms with Crippen molar-refractivity contribution in [3.8, 4) is 11.1 Å². The molecule has 0 bridgehead atoms. The van der Waals surface area contributed by atoms with Crippen molar-refractivity contribution in [3.63, 3.8) is 0 Å². The van der Waals surface area contributed by atoms with E-state index < -0.39 is 5.97 Å². The van der Waals surface area contributed by atoms with Crippen LogP contribution in [0.5, 0.6) is 0 Å². The molecule has 7 heteroatoms. The van der Waals surface area contributed by atoms with Gasteiger partial charge < -0.3 is 9.15 Å². The van der Waals surface area contributed by atoms with Crippen LogP contribution >= 0.6 is 11.3 Å². The lowest BCUT2D eigenvalue weighted by Gasteiger charge is -2.05. The van der Waals surface area contributed by atoms with Crippen molar-refractivity contribution in [2.75, 3.05) is 7.11 Å². The first kappa shape index (κ1) is 17.2. The zero-order valence-electron chi connectivity index (χ0n) is 14.8. The molecule has 0 saturated carbocycles. The van der Waals surface area contributed by atoms with E-state index in [9.17, 15) is 9.59 Å². The molecule has 4 aromatic rings. The number of benzene rings is 1. The van der Waals surface area contributed by atoms with E-state index in [0.717, 1.165) is 16.7 Å². The topological polar surface area (TPSA) is 74.3 Å². The van der Waals surface area contributed by atoms with E-state index in [0.29, 0.717) is 16.0 Å². The molecule has 136 valence electrons. The van der Waals surface area contributed by atoms with E-state index in [1.807, 2.05) is 36.6 Å². The van der Waals surface area contributed by atoms with Crippen molar-refractivity contribution < 1.29 is 13.9 Å². The van der Waals surface area contributed by atoms with E-state index in [1.54, 1.807) is 6.07 Å². The molecule has 0 aliphatic heterocycles. The fourth-order valence-electron chi connectivity index (χ4n) is 2.87. The monoisotopic (exact) mass is 380 g/mol. The van der Waals surface area contributed by atoms with Gasteiger partial charge in [-0.05, 0) is 24.6 Å². The molecule has 6 nitrogen and oxygen atoms in total. The number of thiophene rings is 1. The van der Waals surface area contributed by atoms with E-state index in [2.05, 4.69) is 9.72 Å². The number of hydrogen-bond donors (Lipinski definition) is 0. The summed E-state index contributed by atoms with van der Waals surface area (Å²) in [5, 5.41) is 2.54. The molecule has 0 unspecified atom stereocenters. The molecule has 3 aromatic heterocycles. The third kappa shape index (κ3) is 3.17. The second-order valence-corrected chi connectivity index (χ2v) is 6.99. The first-order chi connectivity index (χ1) is 13.1. The molecule has 0 fully saturated rings. The number of ether oxygens (including phenoxy) is 1. The van der Waals surface area contributed by atoms with Crippen LogP contribution in [0.4, 0.5) is 0 Å². The summed E-state index contributed by atoms with van der Waals surface area (Å²) < 4.78 is 11.6. The largest absolute Gasteiger partial charge is 0.463 e. The Bertz CT molecular complexity index is 1180. The molecule has 27 heavy (non-hydrogen) atoms. The normalized spacial score (nSPS) is 11.0. The Kier molecular flexibility index (Phi) is 4.37. The van der Waals surface area contributed by atoms with Crippen LogP contribution in [0.2, 0.25) is 0 Å². The smallest absolute Gasteiger partial charge is 0.373 e. The molecular weight excluding hydrogens is 364 g/mol. The minimum absolute atomic E-state index is 0.102. The average Bonchev–Trinajstić information content (AvgIpc) is 3.31. The SMILES string of the molecule is COC(=O)c1ccc(Cn2cnc3scc(-c4ccc(C)cc4)c3c2=O)o1. The first-order valence-corrected chi connectivity index (χ1v) is 9.15.